The van der Waals surface area contributed by atoms with E-state index in [1.54, 1.807) is 24.1 Å². The van der Waals surface area contributed by atoms with Crippen molar-refractivity contribution in [3.05, 3.63) is 65.3 Å². The molecule has 0 aliphatic carbocycles. The lowest BCUT2D eigenvalue weighted by Crippen LogP contribution is -2.58. The lowest BCUT2D eigenvalue weighted by atomic mass is 9.95. The zero-order chi connectivity index (χ0) is 22.6. The van der Waals surface area contributed by atoms with Crippen molar-refractivity contribution in [3.8, 4) is 16.9 Å². The summed E-state index contributed by atoms with van der Waals surface area (Å²) in [6.45, 7) is 7.43. The Morgan fingerprint density at radius 1 is 1.28 bits per heavy atom. The van der Waals surface area contributed by atoms with Crippen LogP contribution in [0.5, 0.6) is 5.75 Å². The van der Waals surface area contributed by atoms with Crippen molar-refractivity contribution >= 4 is 34.1 Å². The molecule has 2 aliphatic rings. The van der Waals surface area contributed by atoms with Crippen LogP contribution in [0.4, 0.5) is 14.5 Å². The number of halogens is 3. The monoisotopic (exact) mass is 455 g/mol. The van der Waals surface area contributed by atoms with Crippen LogP contribution in [0.3, 0.4) is 0 Å². The van der Waals surface area contributed by atoms with E-state index in [2.05, 4.69) is 16.5 Å². The number of carbonyl (C=O) groups is 1. The first-order valence-electron chi connectivity index (χ1n) is 10.3. The molecule has 8 heteroatoms. The number of anilines is 1. The van der Waals surface area contributed by atoms with E-state index in [1.807, 2.05) is 0 Å². The zero-order valence-electron chi connectivity index (χ0n) is 17.4. The highest BCUT2D eigenvalue weighted by Crippen LogP contribution is 2.45. The molecule has 1 amide bonds. The number of nitrogens with zero attached hydrogens (tertiary/aromatic N) is 3. The Bertz CT molecular complexity index is 1260. The van der Waals surface area contributed by atoms with Crippen molar-refractivity contribution in [1.82, 2.24) is 9.88 Å². The lowest BCUT2D eigenvalue weighted by molar-refractivity contribution is -0.127. The number of piperazine rings is 1. The maximum absolute atomic E-state index is 14.5. The summed E-state index contributed by atoms with van der Waals surface area (Å²) < 4.78 is 35.0. The molecule has 0 bridgehead atoms. The molecule has 32 heavy (non-hydrogen) atoms. The summed E-state index contributed by atoms with van der Waals surface area (Å²) in [5.41, 5.74) is 2.14. The first-order chi connectivity index (χ1) is 15.4. The lowest BCUT2D eigenvalue weighted by Gasteiger charge is -2.45. The maximum Gasteiger partial charge on any atom is 0.246 e. The van der Waals surface area contributed by atoms with Gasteiger partial charge in [0.25, 0.3) is 0 Å². The van der Waals surface area contributed by atoms with Crippen molar-refractivity contribution in [1.29, 1.82) is 0 Å². The first kappa shape index (κ1) is 20.7. The molecule has 3 aromatic rings. The highest BCUT2D eigenvalue weighted by molar-refractivity contribution is 6.34. The van der Waals surface area contributed by atoms with E-state index in [1.165, 1.54) is 24.3 Å². The van der Waals surface area contributed by atoms with Crippen molar-refractivity contribution in [3.63, 3.8) is 0 Å². The van der Waals surface area contributed by atoms with Gasteiger partial charge in [-0.3, -0.25) is 9.78 Å². The highest BCUT2D eigenvalue weighted by Gasteiger charge is 2.36. The predicted octanol–water partition coefficient (Wildman–Crippen LogP) is 4.74. The first-order valence-corrected chi connectivity index (χ1v) is 10.7. The zero-order valence-corrected chi connectivity index (χ0v) is 18.1. The molecular weight excluding hydrogens is 436 g/mol. The number of ether oxygens (including phenoxy) is 1. The Hall–Kier alpha value is -3.19. The Kier molecular flexibility index (Phi) is 5.01. The predicted molar refractivity (Wildman–Crippen MR) is 120 cm³/mol. The normalized spacial score (nSPS) is 17.6. The second-order valence-corrected chi connectivity index (χ2v) is 8.38. The highest BCUT2D eigenvalue weighted by atomic mass is 35.5. The van der Waals surface area contributed by atoms with Gasteiger partial charge in [0.2, 0.25) is 5.91 Å². The average molecular weight is 456 g/mol. The molecule has 1 saturated heterocycles. The van der Waals surface area contributed by atoms with Crippen LogP contribution in [0.25, 0.3) is 22.0 Å². The minimum absolute atomic E-state index is 0.0338. The van der Waals surface area contributed by atoms with E-state index in [-0.39, 0.29) is 28.1 Å². The maximum atomic E-state index is 14.5. The topological polar surface area (TPSA) is 45.7 Å². The minimum atomic E-state index is -0.682. The molecule has 5 rings (SSSR count). The molecule has 3 heterocycles. The fraction of sp³-hybridized carbons (Fsp3) is 0.250. The molecule has 0 radical (unpaired) electrons. The number of aryl methyl sites for hydroxylation is 1. The van der Waals surface area contributed by atoms with E-state index >= 15 is 0 Å². The third-order valence-electron chi connectivity index (χ3n) is 6.19. The number of benzene rings is 2. The summed E-state index contributed by atoms with van der Waals surface area (Å²) >= 11 is 6.60. The molecular formula is C24H20ClF2N3O2. The van der Waals surface area contributed by atoms with Gasteiger partial charge >= 0.3 is 0 Å². The second-order valence-electron chi connectivity index (χ2n) is 7.97. The molecule has 5 nitrogen and oxygen atoms in total. The smallest absolute Gasteiger partial charge is 0.246 e. The van der Waals surface area contributed by atoms with Crippen LogP contribution in [0.15, 0.2) is 43.1 Å². The summed E-state index contributed by atoms with van der Waals surface area (Å²) in [6.07, 6.45) is 2.96. The number of carbonyl (C=O) groups excluding carboxylic acids is 1. The van der Waals surface area contributed by atoms with Gasteiger partial charge in [-0.15, -0.1) is 0 Å². The molecule has 2 aromatic carbocycles. The van der Waals surface area contributed by atoms with Gasteiger partial charge in [0.15, 0.2) is 5.75 Å². The number of aromatic nitrogens is 1. The molecule has 0 unspecified atom stereocenters. The molecule has 0 saturated carbocycles. The van der Waals surface area contributed by atoms with Crippen molar-refractivity contribution in [2.24, 2.45) is 0 Å². The SMILES string of the molecule is C=CC(=O)N1CCN2c3c(cnc4c(C)c(-c5c(F)cccc5F)c(Cl)cc34)OC[C@H]2C1. The van der Waals surface area contributed by atoms with E-state index in [9.17, 15) is 13.6 Å². The van der Waals surface area contributed by atoms with Gasteiger partial charge in [0.05, 0.1) is 29.0 Å². The van der Waals surface area contributed by atoms with Gasteiger partial charge in [0, 0.05) is 35.6 Å². The summed E-state index contributed by atoms with van der Waals surface area (Å²) in [5.74, 6) is -0.847. The van der Waals surface area contributed by atoms with Crippen LogP contribution in [0, 0.1) is 18.6 Å². The van der Waals surface area contributed by atoms with Gasteiger partial charge in [-0.25, -0.2) is 8.78 Å². The van der Waals surface area contributed by atoms with Crippen LogP contribution in [0.2, 0.25) is 5.02 Å². The van der Waals surface area contributed by atoms with Crippen LogP contribution >= 0.6 is 11.6 Å². The van der Waals surface area contributed by atoms with E-state index in [4.69, 9.17) is 16.3 Å². The average Bonchev–Trinajstić information content (AvgIpc) is 2.79. The third-order valence-corrected chi connectivity index (χ3v) is 6.49. The fourth-order valence-corrected chi connectivity index (χ4v) is 5.03. The van der Waals surface area contributed by atoms with E-state index in [0.717, 1.165) is 11.1 Å². The summed E-state index contributed by atoms with van der Waals surface area (Å²) in [4.78, 5) is 20.6. The standard InChI is InChI=1S/C24H20ClF2N3O2/c1-3-20(31)29-7-8-30-14(11-29)12-32-19-10-28-23-13(2)21(16(25)9-15(23)24(19)30)22-17(26)5-4-6-18(22)27/h3-6,9-10,14H,1,7-8,11-12H2,2H3/t14-/m1/s1. The van der Waals surface area contributed by atoms with Crippen LogP contribution in [-0.2, 0) is 4.79 Å². The van der Waals surface area contributed by atoms with Crippen LogP contribution in [-0.4, -0.2) is 48.1 Å². The quantitative estimate of drug-likeness (QED) is 0.524. The Balaban J connectivity index is 1.66. The van der Waals surface area contributed by atoms with E-state index < -0.39 is 11.6 Å². The third kappa shape index (κ3) is 3.11. The summed E-state index contributed by atoms with van der Waals surface area (Å²) in [6, 6.07) is 5.40. The summed E-state index contributed by atoms with van der Waals surface area (Å²) in [7, 11) is 0. The number of pyridine rings is 1. The van der Waals surface area contributed by atoms with Gasteiger partial charge < -0.3 is 14.5 Å². The molecule has 0 spiro atoms. The van der Waals surface area contributed by atoms with Gasteiger partial charge in [-0.1, -0.05) is 24.2 Å². The number of hydrogen-bond acceptors (Lipinski definition) is 4. The summed E-state index contributed by atoms with van der Waals surface area (Å²) in [5, 5.41) is 0.982. The number of fused-ring (bicyclic) bond motifs is 5. The number of amides is 1. The fourth-order valence-electron chi connectivity index (χ4n) is 4.68. The number of rotatable bonds is 2. The van der Waals surface area contributed by atoms with Crippen molar-refractivity contribution in [2.45, 2.75) is 13.0 Å². The largest absolute Gasteiger partial charge is 0.488 e. The molecule has 164 valence electrons. The Labute approximate surface area is 188 Å². The van der Waals surface area contributed by atoms with Gasteiger partial charge in [-0.05, 0) is 36.8 Å². The molecule has 1 atom stereocenters. The number of hydrogen-bond donors (Lipinski definition) is 0. The minimum Gasteiger partial charge on any atom is -0.488 e. The Morgan fingerprint density at radius 3 is 2.75 bits per heavy atom. The van der Waals surface area contributed by atoms with Gasteiger partial charge in [-0.2, -0.15) is 0 Å². The van der Waals surface area contributed by atoms with Crippen LogP contribution < -0.4 is 9.64 Å². The second kappa shape index (κ2) is 7.74. The molecule has 1 fully saturated rings. The van der Waals surface area contributed by atoms with Gasteiger partial charge in [0.1, 0.15) is 18.2 Å². The molecule has 2 aliphatic heterocycles. The molecule has 0 N–H and O–H groups in total. The molecule has 1 aromatic heterocycles. The van der Waals surface area contributed by atoms with Crippen LogP contribution in [0.1, 0.15) is 5.56 Å². The van der Waals surface area contributed by atoms with Crippen molar-refractivity contribution < 1.29 is 18.3 Å². The van der Waals surface area contributed by atoms with Crippen molar-refractivity contribution in [2.75, 3.05) is 31.1 Å². The Morgan fingerprint density at radius 2 is 2.03 bits per heavy atom. The van der Waals surface area contributed by atoms with E-state index in [0.29, 0.717) is 43.1 Å².